The Morgan fingerprint density at radius 3 is 1.50 bits per heavy atom. The molecule has 0 atom stereocenters. The molecule has 0 spiro atoms. The van der Waals surface area contributed by atoms with Crippen LogP contribution in [0.4, 0.5) is 0 Å². The summed E-state index contributed by atoms with van der Waals surface area (Å²) in [5.74, 6) is 0. The van der Waals surface area contributed by atoms with Gasteiger partial charge >= 0.3 is 0 Å². The highest BCUT2D eigenvalue weighted by Crippen LogP contribution is 2.20. The van der Waals surface area contributed by atoms with E-state index in [-0.39, 0.29) is 0 Å². The summed E-state index contributed by atoms with van der Waals surface area (Å²) in [5.41, 5.74) is 2.51. The number of hydrogen-bond donors (Lipinski definition) is 2. The summed E-state index contributed by atoms with van der Waals surface area (Å²) in [6.45, 7) is 1.79. The maximum atomic E-state index is 6.04. The van der Waals surface area contributed by atoms with Crippen molar-refractivity contribution in [3.05, 3.63) is 69.7 Å². The van der Waals surface area contributed by atoms with Gasteiger partial charge in [-0.25, -0.2) is 0 Å². The van der Waals surface area contributed by atoms with Gasteiger partial charge in [0.15, 0.2) is 0 Å². The smallest absolute Gasteiger partial charge is 0.0409 e. The van der Waals surface area contributed by atoms with E-state index in [1.807, 2.05) is 36.4 Å². The third-order valence-corrected chi connectivity index (χ3v) is 5.17. The number of rotatable bonds is 6. The van der Waals surface area contributed by atoms with Crippen molar-refractivity contribution in [3.8, 4) is 0 Å². The maximum absolute atomic E-state index is 6.04. The minimum atomic E-state index is 0.605. The maximum Gasteiger partial charge on any atom is 0.0409 e. The molecule has 0 unspecified atom stereocenters. The Morgan fingerprint density at radius 2 is 1.12 bits per heavy atom. The topological polar surface area (TPSA) is 24.1 Å². The van der Waals surface area contributed by atoms with Crippen molar-refractivity contribution in [1.82, 2.24) is 10.6 Å². The van der Waals surface area contributed by atoms with Crippen molar-refractivity contribution >= 4 is 23.2 Å². The lowest BCUT2D eigenvalue weighted by Gasteiger charge is -2.30. The van der Waals surface area contributed by atoms with Gasteiger partial charge in [-0.1, -0.05) is 47.5 Å². The number of nitrogens with one attached hydrogen (secondary N) is 2. The average molecular weight is 363 g/mol. The van der Waals surface area contributed by atoms with Gasteiger partial charge in [0.2, 0.25) is 0 Å². The molecule has 3 rings (SSSR count). The molecule has 1 saturated carbocycles. The Labute approximate surface area is 154 Å². The number of halogens is 2. The first-order valence-electron chi connectivity index (χ1n) is 8.65. The molecule has 2 aromatic rings. The fourth-order valence-corrected chi connectivity index (χ4v) is 3.75. The molecule has 0 aromatic heterocycles. The van der Waals surface area contributed by atoms with Gasteiger partial charge in [-0.15, -0.1) is 0 Å². The minimum Gasteiger partial charge on any atom is -0.310 e. The molecular formula is C20H24Cl2N2. The SMILES string of the molecule is Clc1cccc(CNC2CCC(NCc3cccc(Cl)c3)CC2)c1. The van der Waals surface area contributed by atoms with E-state index in [4.69, 9.17) is 23.2 Å². The highest BCUT2D eigenvalue weighted by Gasteiger charge is 2.20. The Morgan fingerprint density at radius 1 is 0.708 bits per heavy atom. The Bertz CT molecular complexity index is 594. The molecule has 1 aliphatic carbocycles. The zero-order valence-corrected chi connectivity index (χ0v) is 15.3. The van der Waals surface area contributed by atoms with E-state index in [1.54, 1.807) is 0 Å². The zero-order valence-electron chi connectivity index (χ0n) is 13.8. The summed E-state index contributed by atoms with van der Waals surface area (Å²) in [6, 6.07) is 17.4. The predicted molar refractivity (Wildman–Crippen MR) is 103 cm³/mol. The summed E-state index contributed by atoms with van der Waals surface area (Å²) in [6.07, 6.45) is 4.86. The van der Waals surface area contributed by atoms with Crippen molar-refractivity contribution in [2.24, 2.45) is 0 Å². The molecular weight excluding hydrogens is 339 g/mol. The lowest BCUT2D eigenvalue weighted by molar-refractivity contribution is 0.305. The van der Waals surface area contributed by atoms with E-state index in [0.717, 1.165) is 23.1 Å². The molecule has 2 N–H and O–H groups in total. The summed E-state index contributed by atoms with van der Waals surface area (Å²) < 4.78 is 0. The monoisotopic (exact) mass is 362 g/mol. The lowest BCUT2D eigenvalue weighted by atomic mass is 9.91. The normalized spacial score (nSPS) is 20.9. The van der Waals surface area contributed by atoms with Gasteiger partial charge in [0.05, 0.1) is 0 Å². The van der Waals surface area contributed by atoms with Crippen LogP contribution in [0.15, 0.2) is 48.5 Å². The standard InChI is InChI=1S/C20H24Cl2N2/c21-17-5-1-3-15(11-17)13-23-19-7-9-20(10-8-19)24-14-16-4-2-6-18(22)12-16/h1-6,11-12,19-20,23-24H,7-10,13-14H2. The molecule has 0 bridgehead atoms. The van der Waals surface area contributed by atoms with Crippen molar-refractivity contribution < 1.29 is 0 Å². The van der Waals surface area contributed by atoms with Crippen LogP contribution in [0.1, 0.15) is 36.8 Å². The van der Waals surface area contributed by atoms with E-state index < -0.39 is 0 Å². The van der Waals surface area contributed by atoms with Crippen molar-refractivity contribution in [3.63, 3.8) is 0 Å². The fourth-order valence-electron chi connectivity index (χ4n) is 3.32. The van der Waals surface area contributed by atoms with Crippen LogP contribution in [-0.2, 0) is 13.1 Å². The van der Waals surface area contributed by atoms with Crippen LogP contribution in [-0.4, -0.2) is 12.1 Å². The third-order valence-electron chi connectivity index (χ3n) is 4.69. The molecule has 0 aliphatic heterocycles. The van der Waals surface area contributed by atoms with Gasteiger partial charge in [-0.2, -0.15) is 0 Å². The summed E-state index contributed by atoms with van der Waals surface area (Å²) in [5, 5.41) is 8.94. The number of benzene rings is 2. The summed E-state index contributed by atoms with van der Waals surface area (Å²) in [7, 11) is 0. The highest BCUT2D eigenvalue weighted by molar-refractivity contribution is 6.30. The van der Waals surface area contributed by atoms with E-state index >= 15 is 0 Å². The molecule has 0 radical (unpaired) electrons. The molecule has 4 heteroatoms. The second-order valence-electron chi connectivity index (χ2n) is 6.57. The van der Waals surface area contributed by atoms with Crippen LogP contribution in [0.5, 0.6) is 0 Å². The Balaban J connectivity index is 1.38. The Hall–Kier alpha value is -1.06. The van der Waals surface area contributed by atoms with Crippen LogP contribution >= 0.6 is 23.2 Å². The average Bonchev–Trinajstić information content (AvgIpc) is 2.59. The van der Waals surface area contributed by atoms with Gasteiger partial charge in [0, 0.05) is 35.2 Å². The minimum absolute atomic E-state index is 0.605. The second kappa shape index (κ2) is 8.87. The fraction of sp³-hybridized carbons (Fsp3) is 0.400. The van der Waals surface area contributed by atoms with E-state index in [1.165, 1.54) is 36.8 Å². The van der Waals surface area contributed by atoms with Crippen molar-refractivity contribution in [2.45, 2.75) is 50.9 Å². The van der Waals surface area contributed by atoms with Gasteiger partial charge in [0.1, 0.15) is 0 Å². The van der Waals surface area contributed by atoms with E-state index in [9.17, 15) is 0 Å². The highest BCUT2D eigenvalue weighted by atomic mass is 35.5. The van der Waals surface area contributed by atoms with Gasteiger partial charge in [0.25, 0.3) is 0 Å². The van der Waals surface area contributed by atoms with Crippen LogP contribution in [0, 0.1) is 0 Å². The van der Waals surface area contributed by atoms with E-state index in [0.29, 0.717) is 12.1 Å². The quantitative estimate of drug-likeness (QED) is 0.739. The summed E-state index contributed by atoms with van der Waals surface area (Å²) in [4.78, 5) is 0. The largest absolute Gasteiger partial charge is 0.310 e. The van der Waals surface area contributed by atoms with Crippen LogP contribution in [0.25, 0.3) is 0 Å². The molecule has 0 saturated heterocycles. The molecule has 2 aromatic carbocycles. The predicted octanol–water partition coefficient (Wildman–Crippen LogP) is 5.18. The second-order valence-corrected chi connectivity index (χ2v) is 7.44. The van der Waals surface area contributed by atoms with Crippen molar-refractivity contribution in [2.75, 3.05) is 0 Å². The van der Waals surface area contributed by atoms with Crippen molar-refractivity contribution in [1.29, 1.82) is 0 Å². The third kappa shape index (κ3) is 5.49. The Kier molecular flexibility index (Phi) is 6.56. The first kappa shape index (κ1) is 17.8. The van der Waals surface area contributed by atoms with Crippen LogP contribution in [0.2, 0.25) is 10.0 Å². The molecule has 1 aliphatic rings. The van der Waals surface area contributed by atoms with Gasteiger partial charge in [-0.05, 0) is 61.1 Å². The molecule has 0 heterocycles. The molecule has 0 amide bonds. The molecule has 1 fully saturated rings. The molecule has 24 heavy (non-hydrogen) atoms. The molecule has 2 nitrogen and oxygen atoms in total. The van der Waals surface area contributed by atoms with Crippen LogP contribution in [0.3, 0.4) is 0 Å². The first-order valence-corrected chi connectivity index (χ1v) is 9.40. The lowest BCUT2D eigenvalue weighted by Crippen LogP contribution is -2.39. The van der Waals surface area contributed by atoms with Crippen LogP contribution < -0.4 is 10.6 Å². The first-order chi connectivity index (χ1) is 11.7. The summed E-state index contributed by atoms with van der Waals surface area (Å²) >= 11 is 12.1. The van der Waals surface area contributed by atoms with Gasteiger partial charge < -0.3 is 10.6 Å². The van der Waals surface area contributed by atoms with Gasteiger partial charge in [-0.3, -0.25) is 0 Å². The molecule has 128 valence electrons. The van der Waals surface area contributed by atoms with E-state index in [2.05, 4.69) is 22.8 Å². The zero-order chi connectivity index (χ0) is 16.8. The number of hydrogen-bond acceptors (Lipinski definition) is 2.